The van der Waals surface area contributed by atoms with Crippen molar-refractivity contribution in [3.63, 3.8) is 0 Å². The van der Waals surface area contributed by atoms with Gasteiger partial charge in [0.2, 0.25) is 5.91 Å². The number of ether oxygens (including phenoxy) is 1. The van der Waals surface area contributed by atoms with Crippen LogP contribution in [0.15, 0.2) is 34.5 Å². The second kappa shape index (κ2) is 9.87. The Morgan fingerprint density at radius 3 is 3.03 bits per heavy atom. The van der Waals surface area contributed by atoms with Gasteiger partial charge in [-0.15, -0.1) is 22.7 Å². The lowest BCUT2D eigenvalue weighted by Crippen LogP contribution is -2.31. The van der Waals surface area contributed by atoms with E-state index in [9.17, 15) is 14.9 Å². The van der Waals surface area contributed by atoms with E-state index in [-0.39, 0.29) is 12.0 Å². The number of alkyl carbamates (subject to hydrolysis) is 1. The Morgan fingerprint density at radius 1 is 1.39 bits per heavy atom. The van der Waals surface area contributed by atoms with E-state index in [0.29, 0.717) is 36.4 Å². The van der Waals surface area contributed by atoms with Crippen molar-refractivity contribution < 1.29 is 14.3 Å². The summed E-state index contributed by atoms with van der Waals surface area (Å²) in [6, 6.07) is 4.14. The first-order valence-corrected chi connectivity index (χ1v) is 12.1. The minimum Gasteiger partial charge on any atom is -0.446 e. The Labute approximate surface area is 191 Å². The van der Waals surface area contributed by atoms with Gasteiger partial charge in [-0.05, 0) is 46.9 Å². The average Bonchev–Trinajstić information content (AvgIpc) is 3.51. The van der Waals surface area contributed by atoms with Crippen molar-refractivity contribution in [2.45, 2.75) is 31.9 Å². The highest BCUT2D eigenvalue weighted by Gasteiger charge is 2.28. The lowest BCUT2D eigenvalue weighted by atomic mass is 9.94. The minimum atomic E-state index is -0.479. The van der Waals surface area contributed by atoms with E-state index in [4.69, 9.17) is 4.74 Å². The molecule has 0 aliphatic heterocycles. The van der Waals surface area contributed by atoms with E-state index < -0.39 is 6.09 Å². The van der Waals surface area contributed by atoms with Gasteiger partial charge in [-0.25, -0.2) is 9.78 Å². The molecule has 0 bridgehead atoms. The van der Waals surface area contributed by atoms with Gasteiger partial charge in [-0.1, -0.05) is 0 Å². The fourth-order valence-corrected chi connectivity index (χ4v) is 5.69. The average molecular weight is 471 g/mol. The number of aromatic nitrogens is 1. The van der Waals surface area contributed by atoms with E-state index in [1.165, 1.54) is 28.7 Å². The highest BCUT2D eigenvalue weighted by Crippen LogP contribution is 2.38. The zero-order valence-corrected chi connectivity index (χ0v) is 18.7. The first-order chi connectivity index (χ1) is 15.1. The number of fused-ring (bicyclic) bond motifs is 1. The molecule has 1 aliphatic rings. The molecular formula is C21H18N4O3S3. The largest absolute Gasteiger partial charge is 0.446 e. The van der Waals surface area contributed by atoms with E-state index in [0.717, 1.165) is 21.0 Å². The Hall–Kier alpha value is -3.00. The molecule has 2 N–H and O–H groups in total. The molecule has 158 valence electrons. The summed E-state index contributed by atoms with van der Waals surface area (Å²) in [4.78, 5) is 29.5. The number of nitrogens with zero attached hydrogens (tertiary/aromatic N) is 2. The van der Waals surface area contributed by atoms with Crippen molar-refractivity contribution in [2.24, 2.45) is 0 Å². The second-order valence-corrected chi connectivity index (χ2v) is 9.61. The van der Waals surface area contributed by atoms with Crippen molar-refractivity contribution in [3.05, 3.63) is 61.1 Å². The zero-order valence-electron chi connectivity index (χ0n) is 16.3. The Balaban J connectivity index is 1.37. The fourth-order valence-electron chi connectivity index (χ4n) is 3.24. The van der Waals surface area contributed by atoms with Crippen LogP contribution in [-0.4, -0.2) is 23.1 Å². The maximum atomic E-state index is 12.3. The van der Waals surface area contributed by atoms with Crippen molar-refractivity contribution >= 4 is 57.1 Å². The molecule has 0 fully saturated rings. The Kier molecular flexibility index (Phi) is 6.76. The lowest BCUT2D eigenvalue weighted by molar-refractivity contribution is -0.111. The normalized spacial score (nSPS) is 15.3. The predicted molar refractivity (Wildman–Crippen MR) is 122 cm³/mol. The van der Waals surface area contributed by atoms with E-state index in [1.807, 2.05) is 22.2 Å². The molecule has 7 nitrogen and oxygen atoms in total. The monoisotopic (exact) mass is 470 g/mol. The third-order valence-corrected chi connectivity index (χ3v) is 7.33. The summed E-state index contributed by atoms with van der Waals surface area (Å²) in [5.74, 6) is -0.282. The summed E-state index contributed by atoms with van der Waals surface area (Å²) >= 11 is 4.40. The van der Waals surface area contributed by atoms with Crippen LogP contribution in [0.5, 0.6) is 0 Å². The summed E-state index contributed by atoms with van der Waals surface area (Å²) in [6.45, 7) is 0.334. The molecule has 2 amide bonds. The first kappa shape index (κ1) is 21.2. The van der Waals surface area contributed by atoms with Gasteiger partial charge >= 0.3 is 6.09 Å². The summed E-state index contributed by atoms with van der Waals surface area (Å²) in [6.07, 6.45) is 5.92. The summed E-state index contributed by atoms with van der Waals surface area (Å²) in [5, 5.41) is 22.2. The van der Waals surface area contributed by atoms with Gasteiger partial charge in [0, 0.05) is 29.0 Å². The molecule has 0 saturated carbocycles. The number of thiazole rings is 1. The van der Waals surface area contributed by atoms with Crippen molar-refractivity contribution in [3.8, 4) is 6.07 Å². The van der Waals surface area contributed by atoms with Crippen molar-refractivity contribution in [1.29, 1.82) is 5.26 Å². The zero-order chi connectivity index (χ0) is 21.6. The molecule has 0 spiro atoms. The lowest BCUT2D eigenvalue weighted by Gasteiger charge is -2.22. The van der Waals surface area contributed by atoms with Gasteiger partial charge in [-0.3, -0.25) is 4.79 Å². The Morgan fingerprint density at radius 2 is 2.29 bits per heavy atom. The number of anilines is 1. The molecule has 31 heavy (non-hydrogen) atoms. The van der Waals surface area contributed by atoms with Crippen molar-refractivity contribution in [1.82, 2.24) is 10.3 Å². The third kappa shape index (κ3) is 5.38. The summed E-state index contributed by atoms with van der Waals surface area (Å²) in [5.41, 5.74) is 2.40. The molecule has 0 aromatic carbocycles. The highest BCUT2D eigenvalue weighted by atomic mass is 32.1. The predicted octanol–water partition coefficient (Wildman–Crippen LogP) is 4.57. The van der Waals surface area contributed by atoms with Crippen LogP contribution in [0.25, 0.3) is 6.08 Å². The highest BCUT2D eigenvalue weighted by molar-refractivity contribution is 7.16. The van der Waals surface area contributed by atoms with E-state index in [1.54, 1.807) is 23.6 Å². The van der Waals surface area contributed by atoms with Gasteiger partial charge < -0.3 is 15.4 Å². The number of nitrogens with one attached hydrogen (secondary N) is 2. The number of hydrogen-bond acceptors (Lipinski definition) is 8. The maximum absolute atomic E-state index is 12.3. The standard InChI is InChI=1S/C21H18N4O3S3/c22-10-16-15-3-2-14(28-21(27)24-11-19-23-6-8-30-19)9-17(15)31-20(16)25-18(26)4-1-13-5-7-29-12-13/h1,4-8,12,14H,2-3,9,11H2,(H,24,27)(H,25,26)/b4-1+. The molecule has 0 saturated heterocycles. The quantitative estimate of drug-likeness (QED) is 0.514. The van der Waals surface area contributed by atoms with Gasteiger partial charge in [0.05, 0.1) is 12.1 Å². The van der Waals surface area contributed by atoms with E-state index in [2.05, 4.69) is 21.7 Å². The van der Waals surface area contributed by atoms with Crippen LogP contribution in [0, 0.1) is 11.3 Å². The van der Waals surface area contributed by atoms with Gasteiger partial charge in [0.25, 0.3) is 0 Å². The van der Waals surface area contributed by atoms with Crippen LogP contribution < -0.4 is 10.6 Å². The van der Waals surface area contributed by atoms with Crippen LogP contribution in [0.2, 0.25) is 0 Å². The number of carbonyl (C=O) groups is 2. The molecule has 4 rings (SSSR count). The van der Waals surface area contributed by atoms with Crippen LogP contribution in [-0.2, 0) is 28.9 Å². The molecule has 0 radical (unpaired) electrons. The van der Waals surface area contributed by atoms with Gasteiger partial charge in [0.1, 0.15) is 22.2 Å². The summed E-state index contributed by atoms with van der Waals surface area (Å²) in [7, 11) is 0. The molecule has 3 heterocycles. The number of nitriles is 1. The molecule has 3 aromatic heterocycles. The van der Waals surface area contributed by atoms with Crippen molar-refractivity contribution in [2.75, 3.05) is 5.32 Å². The molecule has 1 aliphatic carbocycles. The molecule has 1 unspecified atom stereocenters. The van der Waals surface area contributed by atoms with Gasteiger partial charge in [-0.2, -0.15) is 16.6 Å². The number of thiophene rings is 2. The number of carbonyl (C=O) groups excluding carboxylic acids is 2. The summed E-state index contributed by atoms with van der Waals surface area (Å²) < 4.78 is 5.54. The number of hydrogen-bond donors (Lipinski definition) is 2. The molecule has 10 heteroatoms. The molecule has 3 aromatic rings. The van der Waals surface area contributed by atoms with Crippen LogP contribution in [0.3, 0.4) is 0 Å². The van der Waals surface area contributed by atoms with E-state index >= 15 is 0 Å². The SMILES string of the molecule is N#Cc1c(NC(=O)/C=C/c2ccsc2)sc2c1CCC(OC(=O)NCc1nccs1)C2. The fraction of sp³-hybridized carbons (Fsp3) is 0.238. The number of rotatable bonds is 6. The minimum absolute atomic E-state index is 0.268. The molecular weight excluding hydrogens is 452 g/mol. The van der Waals surface area contributed by atoms with Crippen LogP contribution in [0.4, 0.5) is 9.80 Å². The maximum Gasteiger partial charge on any atom is 0.407 e. The molecule has 1 atom stereocenters. The number of amides is 2. The second-order valence-electron chi connectivity index (χ2n) is 6.75. The Bertz CT molecular complexity index is 1130. The van der Waals surface area contributed by atoms with Crippen LogP contribution in [0.1, 0.15) is 33.0 Å². The first-order valence-electron chi connectivity index (χ1n) is 9.51. The van der Waals surface area contributed by atoms with Gasteiger partial charge in [0.15, 0.2) is 0 Å². The topological polar surface area (TPSA) is 104 Å². The smallest absolute Gasteiger partial charge is 0.407 e. The third-order valence-electron chi connectivity index (χ3n) is 4.68. The van der Waals surface area contributed by atoms with Crippen LogP contribution >= 0.6 is 34.0 Å².